The fourth-order valence-corrected chi connectivity index (χ4v) is 3.85. The molecule has 0 spiro atoms. The summed E-state index contributed by atoms with van der Waals surface area (Å²) in [5, 5.41) is 9.74. The number of carbonyl (C=O) groups excluding carboxylic acids is 1. The Bertz CT molecular complexity index is 831. The molecule has 0 N–H and O–H groups in total. The molecule has 0 radical (unpaired) electrons. The maximum Gasteiger partial charge on any atom is 0.274 e. The number of carbonyl (C=O) groups is 1. The van der Waals surface area contributed by atoms with Crippen molar-refractivity contribution in [3.8, 4) is 0 Å². The predicted octanol–water partition coefficient (Wildman–Crippen LogP) is 1.74. The van der Waals surface area contributed by atoms with Crippen LogP contribution in [0.25, 0.3) is 0 Å². The number of piperazine rings is 1. The second-order valence-electron chi connectivity index (χ2n) is 5.95. The van der Waals surface area contributed by atoms with Crippen LogP contribution in [0.4, 0.5) is 0 Å². The van der Waals surface area contributed by atoms with Crippen molar-refractivity contribution in [1.29, 1.82) is 0 Å². The molecule has 4 rings (SSSR count). The minimum Gasteiger partial charge on any atom is -0.346 e. The van der Waals surface area contributed by atoms with E-state index >= 15 is 0 Å². The van der Waals surface area contributed by atoms with E-state index in [0.29, 0.717) is 18.8 Å². The third-order valence-corrected chi connectivity index (χ3v) is 5.34. The smallest absolute Gasteiger partial charge is 0.274 e. The first-order chi connectivity index (χ1) is 12.8. The Kier molecular flexibility index (Phi) is 4.92. The second kappa shape index (κ2) is 7.65. The van der Waals surface area contributed by atoms with Gasteiger partial charge in [0.05, 0.1) is 11.9 Å². The van der Waals surface area contributed by atoms with Crippen LogP contribution in [0.3, 0.4) is 0 Å². The van der Waals surface area contributed by atoms with Crippen LogP contribution in [-0.2, 0) is 0 Å². The minimum atomic E-state index is -0.0691. The van der Waals surface area contributed by atoms with Crippen molar-refractivity contribution in [2.45, 2.75) is 0 Å². The number of benzene rings is 1. The van der Waals surface area contributed by atoms with Gasteiger partial charge in [-0.2, -0.15) is 5.10 Å². The Balaban J connectivity index is 1.37. The third kappa shape index (κ3) is 3.60. The Labute approximate surface area is 155 Å². The number of amidine groups is 1. The first kappa shape index (κ1) is 16.7. The molecule has 132 valence electrons. The molecule has 2 aliphatic heterocycles. The van der Waals surface area contributed by atoms with Gasteiger partial charge in [0.25, 0.3) is 5.91 Å². The van der Waals surface area contributed by atoms with Crippen molar-refractivity contribution < 1.29 is 4.79 Å². The molecule has 7 nitrogen and oxygen atoms in total. The molecule has 0 atom stereocenters. The van der Waals surface area contributed by atoms with Gasteiger partial charge in [0.15, 0.2) is 5.17 Å². The van der Waals surface area contributed by atoms with Gasteiger partial charge in [-0.3, -0.25) is 9.78 Å². The Morgan fingerprint density at radius 1 is 1.00 bits per heavy atom. The number of nitrogens with zero attached hydrogens (tertiary/aromatic N) is 6. The Hall–Kier alpha value is -2.74. The average molecular weight is 366 g/mol. The lowest BCUT2D eigenvalue weighted by molar-refractivity contribution is 0.0687. The van der Waals surface area contributed by atoms with E-state index in [4.69, 9.17) is 0 Å². The number of aromatic nitrogens is 2. The highest BCUT2D eigenvalue weighted by atomic mass is 32.2. The number of hydrogen-bond donors (Lipinski definition) is 0. The fourth-order valence-electron chi connectivity index (χ4n) is 2.89. The zero-order chi connectivity index (χ0) is 17.8. The van der Waals surface area contributed by atoms with Gasteiger partial charge in [0.1, 0.15) is 5.69 Å². The third-order valence-electron chi connectivity index (χ3n) is 4.32. The first-order valence-electron chi connectivity index (χ1n) is 8.44. The first-order valence-corrected chi connectivity index (χ1v) is 9.43. The average Bonchev–Trinajstić information content (AvgIpc) is 2.75. The van der Waals surface area contributed by atoms with Crippen LogP contribution in [0, 0.1) is 0 Å². The lowest BCUT2D eigenvalue weighted by atomic mass is 10.1. The van der Waals surface area contributed by atoms with Crippen LogP contribution in [0.2, 0.25) is 0 Å². The summed E-state index contributed by atoms with van der Waals surface area (Å²) in [4.78, 5) is 24.5. The summed E-state index contributed by atoms with van der Waals surface area (Å²) in [5.41, 5.74) is 2.50. The van der Waals surface area contributed by atoms with E-state index in [9.17, 15) is 4.79 Å². The number of amides is 1. The van der Waals surface area contributed by atoms with Gasteiger partial charge >= 0.3 is 0 Å². The highest BCUT2D eigenvalue weighted by Crippen LogP contribution is 2.19. The largest absolute Gasteiger partial charge is 0.346 e. The van der Waals surface area contributed by atoms with Gasteiger partial charge in [-0.1, -0.05) is 42.1 Å². The van der Waals surface area contributed by atoms with Gasteiger partial charge in [0.2, 0.25) is 0 Å². The Morgan fingerprint density at radius 3 is 2.46 bits per heavy atom. The lowest BCUT2D eigenvalue weighted by Gasteiger charge is -2.36. The molecule has 0 unspecified atom stereocenters. The highest BCUT2D eigenvalue weighted by molar-refractivity contribution is 8.14. The van der Waals surface area contributed by atoms with E-state index in [1.165, 1.54) is 6.20 Å². The molecule has 1 aromatic heterocycles. The molecule has 1 saturated heterocycles. The fraction of sp³-hybridized carbons (Fsp3) is 0.278. The minimum absolute atomic E-state index is 0.0691. The summed E-state index contributed by atoms with van der Waals surface area (Å²) in [6.07, 6.45) is 4.62. The maximum absolute atomic E-state index is 12.4. The van der Waals surface area contributed by atoms with E-state index in [-0.39, 0.29) is 5.91 Å². The number of hydrogen-bond acceptors (Lipinski definition) is 7. The van der Waals surface area contributed by atoms with E-state index in [1.54, 1.807) is 24.2 Å². The van der Waals surface area contributed by atoms with E-state index in [1.807, 2.05) is 23.1 Å². The predicted molar refractivity (Wildman–Crippen MR) is 102 cm³/mol. The maximum atomic E-state index is 12.4. The normalized spacial score (nSPS) is 17.5. The molecule has 3 heterocycles. The van der Waals surface area contributed by atoms with Crippen LogP contribution >= 0.6 is 11.8 Å². The van der Waals surface area contributed by atoms with E-state index in [0.717, 1.165) is 35.3 Å². The van der Waals surface area contributed by atoms with Gasteiger partial charge in [-0.15, -0.1) is 5.10 Å². The van der Waals surface area contributed by atoms with E-state index in [2.05, 4.69) is 37.2 Å². The monoisotopic (exact) mass is 366 g/mol. The van der Waals surface area contributed by atoms with Crippen molar-refractivity contribution in [1.82, 2.24) is 19.8 Å². The van der Waals surface area contributed by atoms with Gasteiger partial charge in [0, 0.05) is 44.3 Å². The number of thioether (sulfide) groups is 1. The molecule has 26 heavy (non-hydrogen) atoms. The second-order valence-corrected chi connectivity index (χ2v) is 6.90. The van der Waals surface area contributed by atoms with Gasteiger partial charge < -0.3 is 9.80 Å². The summed E-state index contributed by atoms with van der Waals surface area (Å²) >= 11 is 1.70. The van der Waals surface area contributed by atoms with Crippen LogP contribution < -0.4 is 0 Å². The standard InChI is InChI=1S/C18H18N6OS/c25-17(15-12-19-6-7-20-15)23-8-10-24(11-9-23)18-22-21-16(13-26-18)14-4-2-1-3-5-14/h1-7,12H,8-11,13H2. The quantitative estimate of drug-likeness (QED) is 0.809. The molecular weight excluding hydrogens is 348 g/mol. The van der Waals surface area contributed by atoms with Crippen molar-refractivity contribution in [3.63, 3.8) is 0 Å². The van der Waals surface area contributed by atoms with Crippen LogP contribution in [0.1, 0.15) is 16.1 Å². The van der Waals surface area contributed by atoms with Crippen LogP contribution in [0.15, 0.2) is 59.1 Å². The van der Waals surface area contributed by atoms with Crippen LogP contribution in [0.5, 0.6) is 0 Å². The SMILES string of the molecule is O=C(c1cnccn1)N1CCN(C2=NN=C(c3ccccc3)CS2)CC1. The summed E-state index contributed by atoms with van der Waals surface area (Å²) < 4.78 is 0. The number of rotatable bonds is 2. The zero-order valence-electron chi connectivity index (χ0n) is 14.2. The summed E-state index contributed by atoms with van der Waals surface area (Å²) in [7, 11) is 0. The van der Waals surface area contributed by atoms with Crippen molar-refractivity contribution in [2.75, 3.05) is 31.9 Å². The molecule has 1 amide bonds. The zero-order valence-corrected chi connectivity index (χ0v) is 15.0. The molecule has 1 fully saturated rings. The molecule has 1 aromatic carbocycles. The molecule has 8 heteroatoms. The highest BCUT2D eigenvalue weighted by Gasteiger charge is 2.26. The lowest BCUT2D eigenvalue weighted by Crippen LogP contribution is -2.50. The summed E-state index contributed by atoms with van der Waals surface area (Å²) in [6, 6.07) is 10.1. The molecule has 2 aromatic rings. The Morgan fingerprint density at radius 2 is 1.81 bits per heavy atom. The van der Waals surface area contributed by atoms with Crippen molar-refractivity contribution in [3.05, 3.63) is 60.2 Å². The van der Waals surface area contributed by atoms with Crippen molar-refractivity contribution in [2.24, 2.45) is 10.2 Å². The van der Waals surface area contributed by atoms with Gasteiger partial charge in [-0.05, 0) is 5.56 Å². The molecule has 0 saturated carbocycles. The van der Waals surface area contributed by atoms with Gasteiger partial charge in [-0.25, -0.2) is 4.98 Å². The summed E-state index contributed by atoms with van der Waals surface area (Å²) in [6.45, 7) is 2.77. The van der Waals surface area contributed by atoms with E-state index < -0.39 is 0 Å². The topological polar surface area (TPSA) is 74.1 Å². The summed E-state index contributed by atoms with van der Waals surface area (Å²) in [5.74, 6) is 0.738. The van der Waals surface area contributed by atoms with Crippen molar-refractivity contribution >= 4 is 28.5 Å². The molecule has 0 bridgehead atoms. The molecular formula is C18H18N6OS. The molecule has 2 aliphatic rings. The van der Waals surface area contributed by atoms with Crippen LogP contribution in [-0.4, -0.2) is 68.5 Å². The molecule has 0 aliphatic carbocycles.